The Hall–Kier alpha value is -6.07. The molecule has 0 aliphatic carbocycles. The van der Waals surface area contributed by atoms with Crippen LogP contribution in [-0.4, -0.2) is 24.1 Å². The molecule has 46 heavy (non-hydrogen) atoms. The van der Waals surface area contributed by atoms with E-state index in [9.17, 15) is 0 Å². The molecule has 0 spiro atoms. The molecule has 0 bridgehead atoms. The number of para-hydroxylation sites is 2. The van der Waals surface area contributed by atoms with E-state index in [2.05, 4.69) is 102 Å². The molecule has 9 aromatic rings. The van der Waals surface area contributed by atoms with Crippen molar-refractivity contribution in [2.75, 3.05) is 0 Å². The van der Waals surface area contributed by atoms with Crippen molar-refractivity contribution in [2.24, 2.45) is 0 Å². The highest BCUT2D eigenvalue weighted by atomic mass is 15.2. The van der Waals surface area contributed by atoms with Crippen LogP contribution in [0.25, 0.3) is 78.0 Å². The second-order valence-corrected chi connectivity index (χ2v) is 11.9. The fourth-order valence-electron chi connectivity index (χ4n) is 6.80. The van der Waals surface area contributed by atoms with Gasteiger partial charge in [0.2, 0.25) is 5.95 Å². The van der Waals surface area contributed by atoms with Crippen molar-refractivity contribution in [2.45, 2.75) is 13.8 Å². The highest BCUT2D eigenvalue weighted by molar-refractivity contribution is 6.15. The molecule has 0 radical (unpaired) electrons. The van der Waals surface area contributed by atoms with Gasteiger partial charge in [0.1, 0.15) is 0 Å². The van der Waals surface area contributed by atoms with Gasteiger partial charge in [0.25, 0.3) is 0 Å². The molecule has 0 saturated carbocycles. The number of aromatic nitrogens is 5. The van der Waals surface area contributed by atoms with Crippen LogP contribution < -0.4 is 0 Å². The van der Waals surface area contributed by atoms with Crippen LogP contribution in [0.15, 0.2) is 140 Å². The van der Waals surface area contributed by atoms with Gasteiger partial charge in [-0.3, -0.25) is 4.57 Å². The lowest BCUT2D eigenvalue weighted by molar-refractivity contribution is 0.950. The molecule has 5 nitrogen and oxygen atoms in total. The first-order chi connectivity index (χ1) is 22.6. The molecule has 0 amide bonds. The summed E-state index contributed by atoms with van der Waals surface area (Å²) in [6.45, 7) is 4.32. The third-order valence-corrected chi connectivity index (χ3v) is 8.88. The second-order valence-electron chi connectivity index (χ2n) is 11.9. The Morgan fingerprint density at radius 2 is 0.935 bits per heavy atom. The van der Waals surface area contributed by atoms with Crippen molar-refractivity contribution in [3.05, 3.63) is 151 Å². The van der Waals surface area contributed by atoms with E-state index in [4.69, 9.17) is 15.0 Å². The topological polar surface area (TPSA) is 48.5 Å². The molecule has 0 fully saturated rings. The molecule has 5 heteroatoms. The van der Waals surface area contributed by atoms with Crippen LogP contribution in [0.1, 0.15) is 11.1 Å². The number of aryl methyl sites for hydroxylation is 2. The van der Waals surface area contributed by atoms with E-state index in [1.807, 2.05) is 60.7 Å². The molecular weight excluding hydrogens is 562 g/mol. The average molecular weight is 592 g/mol. The van der Waals surface area contributed by atoms with Crippen molar-refractivity contribution in [1.82, 2.24) is 24.1 Å². The monoisotopic (exact) mass is 591 g/mol. The third-order valence-electron chi connectivity index (χ3n) is 8.88. The molecular formula is C41H29N5. The van der Waals surface area contributed by atoms with Gasteiger partial charge in [-0.05, 0) is 50.2 Å². The van der Waals surface area contributed by atoms with Gasteiger partial charge in [-0.2, -0.15) is 9.97 Å². The quantitative estimate of drug-likeness (QED) is 0.205. The molecule has 0 saturated heterocycles. The van der Waals surface area contributed by atoms with Crippen LogP contribution in [0.2, 0.25) is 0 Å². The zero-order chi connectivity index (χ0) is 30.8. The van der Waals surface area contributed by atoms with Gasteiger partial charge in [-0.15, -0.1) is 0 Å². The second kappa shape index (κ2) is 10.2. The van der Waals surface area contributed by atoms with E-state index in [1.165, 1.54) is 32.9 Å². The maximum atomic E-state index is 5.17. The molecule has 0 aliphatic heterocycles. The Kier molecular flexibility index (Phi) is 5.87. The molecule has 0 N–H and O–H groups in total. The predicted octanol–water partition coefficient (Wildman–Crippen LogP) is 10.0. The number of benzene rings is 6. The molecule has 0 aliphatic rings. The molecule has 218 valence electrons. The molecule has 0 unspecified atom stereocenters. The van der Waals surface area contributed by atoms with E-state index in [0.29, 0.717) is 17.6 Å². The lowest BCUT2D eigenvalue weighted by atomic mass is 10.1. The van der Waals surface area contributed by atoms with E-state index >= 15 is 0 Å². The van der Waals surface area contributed by atoms with Crippen LogP contribution in [-0.2, 0) is 0 Å². The standard InChI is InChI=1S/C41H29N5/c1-26-20-22-35-32(24-26)33-25-27(2)21-23-36(33)45(35)37-19-11-17-31-30-16-9-10-18-34(30)46(38(31)37)41-43-39(28-12-5-3-6-13-28)42-40(44-41)29-14-7-4-8-15-29/h3-25H,1-2H3. The van der Waals surface area contributed by atoms with Gasteiger partial charge in [-0.1, -0.05) is 114 Å². The number of fused-ring (bicyclic) bond motifs is 6. The highest BCUT2D eigenvalue weighted by Gasteiger charge is 2.22. The Labute approximate surface area is 266 Å². The van der Waals surface area contributed by atoms with Crippen LogP contribution in [0.4, 0.5) is 0 Å². The first-order valence-electron chi connectivity index (χ1n) is 15.6. The summed E-state index contributed by atoms with van der Waals surface area (Å²) in [4.78, 5) is 15.3. The summed E-state index contributed by atoms with van der Waals surface area (Å²) in [7, 11) is 0. The van der Waals surface area contributed by atoms with E-state index < -0.39 is 0 Å². The van der Waals surface area contributed by atoms with E-state index in [-0.39, 0.29) is 0 Å². The zero-order valence-corrected chi connectivity index (χ0v) is 25.5. The van der Waals surface area contributed by atoms with E-state index in [1.54, 1.807) is 0 Å². The summed E-state index contributed by atoms with van der Waals surface area (Å²) < 4.78 is 4.62. The fourth-order valence-corrected chi connectivity index (χ4v) is 6.80. The zero-order valence-electron chi connectivity index (χ0n) is 25.5. The predicted molar refractivity (Wildman–Crippen MR) is 189 cm³/mol. The summed E-state index contributed by atoms with van der Waals surface area (Å²) in [5.74, 6) is 1.85. The lowest BCUT2D eigenvalue weighted by Gasteiger charge is -2.14. The normalized spacial score (nSPS) is 11.7. The van der Waals surface area contributed by atoms with Gasteiger partial charge in [0, 0.05) is 32.7 Å². The maximum absolute atomic E-state index is 5.17. The number of rotatable bonds is 4. The number of hydrogen-bond acceptors (Lipinski definition) is 3. The van der Waals surface area contributed by atoms with Crippen LogP contribution in [0, 0.1) is 13.8 Å². The molecule has 6 aromatic carbocycles. The smallest absolute Gasteiger partial charge is 0.238 e. The minimum absolute atomic E-state index is 0.582. The highest BCUT2D eigenvalue weighted by Crippen LogP contribution is 2.39. The van der Waals surface area contributed by atoms with Crippen LogP contribution >= 0.6 is 0 Å². The lowest BCUT2D eigenvalue weighted by Crippen LogP contribution is -2.08. The number of hydrogen-bond donors (Lipinski definition) is 0. The van der Waals surface area contributed by atoms with Crippen molar-refractivity contribution < 1.29 is 0 Å². The van der Waals surface area contributed by atoms with E-state index in [0.717, 1.165) is 38.6 Å². The van der Waals surface area contributed by atoms with Crippen molar-refractivity contribution in [3.8, 4) is 34.4 Å². The first-order valence-corrected chi connectivity index (χ1v) is 15.6. The Balaban J connectivity index is 1.43. The van der Waals surface area contributed by atoms with Gasteiger partial charge in [0.05, 0.1) is 27.8 Å². The Morgan fingerprint density at radius 1 is 0.413 bits per heavy atom. The first kappa shape index (κ1) is 26.3. The minimum atomic E-state index is 0.582. The van der Waals surface area contributed by atoms with Gasteiger partial charge in [-0.25, -0.2) is 4.98 Å². The number of nitrogens with zero attached hydrogens (tertiary/aromatic N) is 5. The largest absolute Gasteiger partial charge is 0.307 e. The summed E-state index contributed by atoms with van der Waals surface area (Å²) >= 11 is 0. The summed E-state index contributed by atoms with van der Waals surface area (Å²) in [5, 5.41) is 4.78. The molecule has 3 heterocycles. The van der Waals surface area contributed by atoms with Crippen molar-refractivity contribution >= 4 is 43.6 Å². The van der Waals surface area contributed by atoms with Gasteiger partial charge in [0.15, 0.2) is 11.6 Å². The average Bonchev–Trinajstić information content (AvgIpc) is 3.61. The molecule has 0 atom stereocenters. The summed E-state index contributed by atoms with van der Waals surface area (Å²) in [6, 6.07) is 48.9. The fraction of sp³-hybridized carbons (Fsp3) is 0.0488. The van der Waals surface area contributed by atoms with Gasteiger partial charge < -0.3 is 4.57 Å². The van der Waals surface area contributed by atoms with Gasteiger partial charge >= 0.3 is 0 Å². The SMILES string of the molecule is Cc1ccc2c(c1)c1cc(C)ccc1n2-c1cccc2c3ccccc3n(-c3nc(-c4ccccc4)nc(-c4ccccc4)n3)c12. The summed E-state index contributed by atoms with van der Waals surface area (Å²) in [5.41, 5.74) is 9.87. The van der Waals surface area contributed by atoms with Crippen molar-refractivity contribution in [3.63, 3.8) is 0 Å². The minimum Gasteiger partial charge on any atom is -0.307 e. The Bertz CT molecular complexity index is 2480. The van der Waals surface area contributed by atoms with Crippen LogP contribution in [0.5, 0.6) is 0 Å². The van der Waals surface area contributed by atoms with Crippen LogP contribution in [0.3, 0.4) is 0 Å². The van der Waals surface area contributed by atoms with Crippen molar-refractivity contribution in [1.29, 1.82) is 0 Å². The maximum Gasteiger partial charge on any atom is 0.238 e. The third kappa shape index (κ3) is 4.06. The Morgan fingerprint density at radius 3 is 1.54 bits per heavy atom. The molecule has 9 rings (SSSR count). The summed E-state index contributed by atoms with van der Waals surface area (Å²) in [6.07, 6.45) is 0. The molecule has 3 aromatic heterocycles.